The Labute approximate surface area is 165 Å². The highest BCUT2D eigenvalue weighted by Crippen LogP contribution is 2.28. The van der Waals surface area contributed by atoms with Gasteiger partial charge in [-0.05, 0) is 55.1 Å². The first-order valence-electron chi connectivity index (χ1n) is 9.85. The summed E-state index contributed by atoms with van der Waals surface area (Å²) in [5.74, 6) is 0.486. The monoisotopic (exact) mass is 377 g/mol. The van der Waals surface area contributed by atoms with Crippen LogP contribution in [0.4, 0.5) is 0 Å². The number of H-pyrrole nitrogens is 1. The zero-order chi connectivity index (χ0) is 19.5. The van der Waals surface area contributed by atoms with E-state index in [0.717, 1.165) is 31.0 Å². The number of aromatic amines is 1. The van der Waals surface area contributed by atoms with Crippen molar-refractivity contribution in [1.29, 1.82) is 0 Å². The Balaban J connectivity index is 1.27. The highest BCUT2D eigenvalue weighted by Gasteiger charge is 2.24. The molecule has 1 aliphatic rings. The predicted molar refractivity (Wildman–Crippen MR) is 110 cm³/mol. The van der Waals surface area contributed by atoms with Crippen LogP contribution in [-0.2, 0) is 7.05 Å². The molecule has 28 heavy (non-hydrogen) atoms. The van der Waals surface area contributed by atoms with Crippen LogP contribution in [0.5, 0.6) is 0 Å². The Hall–Kier alpha value is -2.86. The fourth-order valence-electron chi connectivity index (χ4n) is 4.05. The van der Waals surface area contributed by atoms with E-state index in [1.165, 1.54) is 17.5 Å². The van der Waals surface area contributed by atoms with Crippen molar-refractivity contribution in [2.75, 3.05) is 26.2 Å². The molecule has 4 rings (SSSR count). The van der Waals surface area contributed by atoms with Crippen LogP contribution >= 0.6 is 0 Å². The maximum Gasteiger partial charge on any atom is 0.269 e. The van der Waals surface area contributed by atoms with Crippen molar-refractivity contribution >= 4 is 5.91 Å². The van der Waals surface area contributed by atoms with E-state index in [0.29, 0.717) is 18.2 Å². The number of aryl methyl sites for hydroxylation is 2. The fraction of sp³-hybridized carbons (Fsp3) is 0.364. The Kier molecular flexibility index (Phi) is 5.30. The van der Waals surface area contributed by atoms with Gasteiger partial charge in [0, 0.05) is 32.9 Å². The molecule has 0 saturated carbocycles. The quantitative estimate of drug-likeness (QED) is 0.694. The zero-order valence-corrected chi connectivity index (χ0v) is 16.5. The summed E-state index contributed by atoms with van der Waals surface area (Å²) >= 11 is 0. The first kappa shape index (κ1) is 18.5. The number of nitrogens with zero attached hydrogens (tertiary/aromatic N) is 3. The van der Waals surface area contributed by atoms with Crippen LogP contribution in [0.25, 0.3) is 11.4 Å². The highest BCUT2D eigenvalue weighted by molar-refractivity contribution is 5.93. The number of rotatable bonds is 6. The SMILES string of the molecule is Cc1ccccc1C1CCN(CCNC(=O)c2cc(-c3cccn3C)n[nH]2)C1. The van der Waals surface area contributed by atoms with Gasteiger partial charge in [0.25, 0.3) is 5.91 Å². The van der Waals surface area contributed by atoms with Gasteiger partial charge < -0.3 is 14.8 Å². The lowest BCUT2D eigenvalue weighted by molar-refractivity contribution is 0.0944. The number of hydrogen-bond donors (Lipinski definition) is 2. The third kappa shape index (κ3) is 3.87. The summed E-state index contributed by atoms with van der Waals surface area (Å²) in [6.45, 7) is 5.83. The molecule has 0 radical (unpaired) electrons. The lowest BCUT2D eigenvalue weighted by Gasteiger charge is -2.17. The summed E-state index contributed by atoms with van der Waals surface area (Å²) < 4.78 is 1.98. The summed E-state index contributed by atoms with van der Waals surface area (Å²) in [5, 5.41) is 10.1. The van der Waals surface area contributed by atoms with E-state index in [4.69, 9.17) is 0 Å². The van der Waals surface area contributed by atoms with E-state index in [1.807, 2.05) is 29.9 Å². The standard InChI is InChI=1S/C22H27N5O/c1-16-6-3-4-7-18(16)17-9-12-27(15-17)13-10-23-22(28)20-14-19(24-25-20)21-8-5-11-26(21)2/h3-8,11,14,17H,9-10,12-13,15H2,1-2H3,(H,23,28)(H,24,25). The molecule has 146 valence electrons. The van der Waals surface area contributed by atoms with Crippen LogP contribution in [0.15, 0.2) is 48.7 Å². The maximum absolute atomic E-state index is 12.4. The summed E-state index contributed by atoms with van der Waals surface area (Å²) in [6.07, 6.45) is 3.14. The van der Waals surface area contributed by atoms with Gasteiger partial charge in [0.05, 0.1) is 5.69 Å². The lowest BCUT2D eigenvalue weighted by atomic mass is 9.94. The van der Waals surface area contributed by atoms with Gasteiger partial charge in [-0.2, -0.15) is 5.10 Å². The summed E-state index contributed by atoms with van der Waals surface area (Å²) in [4.78, 5) is 14.8. The summed E-state index contributed by atoms with van der Waals surface area (Å²) in [6, 6.07) is 14.4. The molecule has 1 fully saturated rings. The number of likely N-dealkylation sites (tertiary alicyclic amines) is 1. The van der Waals surface area contributed by atoms with Gasteiger partial charge in [-0.3, -0.25) is 9.89 Å². The minimum Gasteiger partial charge on any atom is -0.349 e. The molecule has 3 aromatic rings. The normalized spacial score (nSPS) is 17.1. The van der Waals surface area contributed by atoms with Gasteiger partial charge in [0.2, 0.25) is 0 Å². The first-order valence-corrected chi connectivity index (χ1v) is 9.85. The van der Waals surface area contributed by atoms with Crippen LogP contribution < -0.4 is 5.32 Å². The Morgan fingerprint density at radius 1 is 1.29 bits per heavy atom. The largest absolute Gasteiger partial charge is 0.349 e. The molecule has 0 spiro atoms. The van der Waals surface area contributed by atoms with Crippen molar-refractivity contribution in [2.45, 2.75) is 19.3 Å². The zero-order valence-electron chi connectivity index (χ0n) is 16.5. The van der Waals surface area contributed by atoms with E-state index >= 15 is 0 Å². The number of aromatic nitrogens is 3. The van der Waals surface area contributed by atoms with Crippen molar-refractivity contribution in [3.63, 3.8) is 0 Å². The molecule has 2 N–H and O–H groups in total. The van der Waals surface area contributed by atoms with Gasteiger partial charge in [-0.15, -0.1) is 0 Å². The molecular formula is C22H27N5O. The van der Waals surface area contributed by atoms with Crippen LogP contribution in [0.2, 0.25) is 0 Å². The molecule has 1 atom stereocenters. The molecule has 1 aliphatic heterocycles. The third-order valence-electron chi connectivity index (χ3n) is 5.64. The molecule has 6 heteroatoms. The number of nitrogens with one attached hydrogen (secondary N) is 2. The Morgan fingerprint density at radius 2 is 2.14 bits per heavy atom. The van der Waals surface area contributed by atoms with Crippen molar-refractivity contribution in [2.24, 2.45) is 7.05 Å². The van der Waals surface area contributed by atoms with E-state index in [1.54, 1.807) is 6.07 Å². The number of carbonyl (C=O) groups excluding carboxylic acids is 1. The molecule has 1 saturated heterocycles. The molecule has 0 bridgehead atoms. The van der Waals surface area contributed by atoms with Crippen molar-refractivity contribution < 1.29 is 4.79 Å². The molecular weight excluding hydrogens is 350 g/mol. The maximum atomic E-state index is 12.4. The van der Waals surface area contributed by atoms with Gasteiger partial charge in [-0.1, -0.05) is 24.3 Å². The number of amides is 1. The first-order chi connectivity index (χ1) is 13.6. The topological polar surface area (TPSA) is 66.0 Å². The van der Waals surface area contributed by atoms with Crippen molar-refractivity contribution in [3.8, 4) is 11.4 Å². The van der Waals surface area contributed by atoms with Crippen molar-refractivity contribution in [1.82, 2.24) is 25.0 Å². The Morgan fingerprint density at radius 3 is 2.93 bits per heavy atom. The number of benzene rings is 1. The molecule has 1 aromatic carbocycles. The average Bonchev–Trinajstić information content (AvgIpc) is 3.42. The third-order valence-corrected chi connectivity index (χ3v) is 5.64. The molecule has 2 aromatic heterocycles. The number of hydrogen-bond acceptors (Lipinski definition) is 3. The molecule has 0 aliphatic carbocycles. The van der Waals surface area contributed by atoms with Crippen LogP contribution in [-0.4, -0.2) is 51.8 Å². The fourth-order valence-corrected chi connectivity index (χ4v) is 4.05. The molecule has 3 heterocycles. The van der Waals surface area contributed by atoms with Gasteiger partial charge in [0.1, 0.15) is 11.4 Å². The van der Waals surface area contributed by atoms with E-state index < -0.39 is 0 Å². The summed E-state index contributed by atoms with van der Waals surface area (Å²) in [5.41, 5.74) is 5.08. The predicted octanol–water partition coefficient (Wildman–Crippen LogP) is 2.94. The molecule has 6 nitrogen and oxygen atoms in total. The highest BCUT2D eigenvalue weighted by atomic mass is 16.1. The Bertz CT molecular complexity index is 957. The minimum atomic E-state index is -0.109. The van der Waals surface area contributed by atoms with Gasteiger partial charge in [0.15, 0.2) is 0 Å². The van der Waals surface area contributed by atoms with E-state index in [2.05, 4.69) is 51.6 Å². The second kappa shape index (κ2) is 8.02. The number of carbonyl (C=O) groups is 1. The molecule has 1 unspecified atom stereocenters. The van der Waals surface area contributed by atoms with Crippen molar-refractivity contribution in [3.05, 3.63) is 65.5 Å². The van der Waals surface area contributed by atoms with E-state index in [-0.39, 0.29) is 5.91 Å². The molecule has 1 amide bonds. The second-order valence-electron chi connectivity index (χ2n) is 7.57. The van der Waals surface area contributed by atoms with Crippen LogP contribution in [0, 0.1) is 6.92 Å². The van der Waals surface area contributed by atoms with Crippen LogP contribution in [0.1, 0.15) is 34.0 Å². The lowest BCUT2D eigenvalue weighted by Crippen LogP contribution is -2.34. The van der Waals surface area contributed by atoms with Gasteiger partial charge in [-0.25, -0.2) is 0 Å². The van der Waals surface area contributed by atoms with E-state index in [9.17, 15) is 4.79 Å². The van der Waals surface area contributed by atoms with Crippen LogP contribution in [0.3, 0.4) is 0 Å². The minimum absolute atomic E-state index is 0.109. The second-order valence-corrected chi connectivity index (χ2v) is 7.57. The van der Waals surface area contributed by atoms with Gasteiger partial charge >= 0.3 is 0 Å². The smallest absolute Gasteiger partial charge is 0.269 e. The summed E-state index contributed by atoms with van der Waals surface area (Å²) in [7, 11) is 1.96. The average molecular weight is 377 g/mol.